The molecule has 1 aromatic carbocycles. The zero-order chi connectivity index (χ0) is 15.6. The van der Waals surface area contributed by atoms with E-state index < -0.39 is 11.7 Å². The first-order valence-electron chi connectivity index (χ1n) is 7.32. The summed E-state index contributed by atoms with van der Waals surface area (Å²) < 4.78 is 39.3. The number of benzene rings is 1. The molecule has 0 bridgehead atoms. The van der Waals surface area contributed by atoms with Crippen LogP contribution in [0.4, 0.5) is 18.9 Å². The minimum absolute atomic E-state index is 0.126. The second-order valence-corrected chi connectivity index (χ2v) is 6.28. The summed E-state index contributed by atoms with van der Waals surface area (Å²) in [5.41, 5.74) is 0.138. The van der Waals surface area contributed by atoms with E-state index in [0.29, 0.717) is 17.6 Å². The standard InChI is InChI=1S/C16H21ClF3N/c1-11-4-3-5-13(8-11)21(2)14-7-6-12(10-17)15(9-14)16(18,19)20/h6-7,9,11,13H,3-5,8,10H2,1-2H3. The maximum Gasteiger partial charge on any atom is 0.416 e. The van der Waals surface area contributed by atoms with Crippen molar-refractivity contribution in [2.75, 3.05) is 11.9 Å². The van der Waals surface area contributed by atoms with Crippen LogP contribution in [-0.2, 0) is 12.1 Å². The molecule has 0 aliphatic heterocycles. The summed E-state index contributed by atoms with van der Waals surface area (Å²) in [7, 11) is 1.89. The lowest BCUT2D eigenvalue weighted by atomic mass is 9.86. The van der Waals surface area contributed by atoms with Crippen molar-refractivity contribution in [3.05, 3.63) is 29.3 Å². The molecule has 0 saturated heterocycles. The number of rotatable bonds is 3. The molecule has 1 aliphatic rings. The third-order valence-corrected chi connectivity index (χ3v) is 4.69. The van der Waals surface area contributed by atoms with Crippen molar-refractivity contribution in [1.82, 2.24) is 0 Å². The molecule has 2 unspecified atom stereocenters. The van der Waals surface area contributed by atoms with Crippen molar-refractivity contribution in [2.45, 2.75) is 50.7 Å². The van der Waals surface area contributed by atoms with Gasteiger partial charge in [-0.25, -0.2) is 0 Å². The highest BCUT2D eigenvalue weighted by atomic mass is 35.5. The van der Waals surface area contributed by atoms with E-state index in [2.05, 4.69) is 6.92 Å². The van der Waals surface area contributed by atoms with Crippen LogP contribution in [0.15, 0.2) is 18.2 Å². The SMILES string of the molecule is CC1CCCC(N(C)c2ccc(CCl)c(C(F)(F)F)c2)C1. The molecule has 21 heavy (non-hydrogen) atoms. The highest BCUT2D eigenvalue weighted by Crippen LogP contribution is 2.36. The molecule has 0 heterocycles. The molecule has 1 aliphatic carbocycles. The number of nitrogens with zero attached hydrogens (tertiary/aromatic N) is 1. The van der Waals surface area contributed by atoms with E-state index in [9.17, 15) is 13.2 Å². The van der Waals surface area contributed by atoms with E-state index in [1.54, 1.807) is 6.07 Å². The van der Waals surface area contributed by atoms with Gasteiger partial charge in [-0.3, -0.25) is 0 Å². The second-order valence-electron chi connectivity index (χ2n) is 6.01. The minimum Gasteiger partial charge on any atom is -0.372 e. The first-order chi connectivity index (χ1) is 9.82. The van der Waals surface area contributed by atoms with E-state index in [1.807, 2.05) is 11.9 Å². The Bertz CT molecular complexity index is 487. The quantitative estimate of drug-likeness (QED) is 0.669. The summed E-state index contributed by atoms with van der Waals surface area (Å²) in [6.45, 7) is 2.21. The highest BCUT2D eigenvalue weighted by Gasteiger charge is 2.34. The molecule has 2 rings (SSSR count). The van der Waals surface area contributed by atoms with Gasteiger partial charge in [0.15, 0.2) is 0 Å². The van der Waals surface area contributed by atoms with Crippen LogP contribution in [0.3, 0.4) is 0 Å². The predicted octanol–water partition coefficient (Wildman–Crippen LogP) is 5.46. The normalized spacial score (nSPS) is 23.1. The predicted molar refractivity (Wildman–Crippen MR) is 80.8 cm³/mol. The van der Waals surface area contributed by atoms with Crippen LogP contribution in [0.5, 0.6) is 0 Å². The van der Waals surface area contributed by atoms with Gasteiger partial charge in [0, 0.05) is 24.7 Å². The Balaban J connectivity index is 2.27. The fourth-order valence-electron chi connectivity index (χ4n) is 3.13. The first kappa shape index (κ1) is 16.5. The molecule has 1 aromatic rings. The highest BCUT2D eigenvalue weighted by molar-refractivity contribution is 6.17. The van der Waals surface area contributed by atoms with Crippen molar-refractivity contribution < 1.29 is 13.2 Å². The molecular formula is C16H21ClF3N. The van der Waals surface area contributed by atoms with Crippen LogP contribution in [0.25, 0.3) is 0 Å². The summed E-state index contributed by atoms with van der Waals surface area (Å²) in [6.07, 6.45) is 0.0703. The molecule has 1 nitrogen and oxygen atoms in total. The fraction of sp³-hybridized carbons (Fsp3) is 0.625. The Morgan fingerprint density at radius 2 is 2.00 bits per heavy atom. The van der Waals surface area contributed by atoms with Crippen molar-refractivity contribution in [1.29, 1.82) is 0 Å². The van der Waals surface area contributed by atoms with Gasteiger partial charge in [0.2, 0.25) is 0 Å². The van der Waals surface area contributed by atoms with Gasteiger partial charge in [-0.1, -0.05) is 25.8 Å². The zero-order valence-corrected chi connectivity index (χ0v) is 13.1. The molecule has 2 atom stereocenters. The van der Waals surface area contributed by atoms with E-state index in [-0.39, 0.29) is 11.4 Å². The molecule has 0 amide bonds. The summed E-state index contributed by atoms with van der Waals surface area (Å²) >= 11 is 5.62. The van der Waals surface area contributed by atoms with Gasteiger partial charge >= 0.3 is 6.18 Å². The van der Waals surface area contributed by atoms with Gasteiger partial charge in [0.25, 0.3) is 0 Å². The van der Waals surface area contributed by atoms with Crippen molar-refractivity contribution in [3.8, 4) is 0 Å². The molecule has 118 valence electrons. The molecule has 1 saturated carbocycles. The Kier molecular flexibility index (Phi) is 5.07. The van der Waals surface area contributed by atoms with Crippen LogP contribution in [0, 0.1) is 5.92 Å². The Hall–Kier alpha value is -0.900. The molecule has 5 heteroatoms. The Morgan fingerprint density at radius 3 is 2.57 bits per heavy atom. The molecule has 1 fully saturated rings. The summed E-state index contributed by atoms with van der Waals surface area (Å²) in [5.74, 6) is 0.509. The number of alkyl halides is 4. The van der Waals surface area contributed by atoms with E-state index >= 15 is 0 Å². The van der Waals surface area contributed by atoms with Gasteiger partial charge in [-0.2, -0.15) is 13.2 Å². The summed E-state index contributed by atoms with van der Waals surface area (Å²) in [5, 5.41) is 0. The minimum atomic E-state index is -4.36. The van der Waals surface area contributed by atoms with Crippen molar-refractivity contribution in [3.63, 3.8) is 0 Å². The van der Waals surface area contributed by atoms with Gasteiger partial charge in [0.05, 0.1) is 5.56 Å². The van der Waals surface area contributed by atoms with Gasteiger partial charge in [-0.15, -0.1) is 11.6 Å². The third kappa shape index (κ3) is 3.85. The molecule has 0 spiro atoms. The molecule has 0 radical (unpaired) electrons. The van der Waals surface area contributed by atoms with Crippen LogP contribution in [-0.4, -0.2) is 13.1 Å². The Labute approximate surface area is 129 Å². The van der Waals surface area contributed by atoms with Gasteiger partial charge in [-0.05, 0) is 36.5 Å². The smallest absolute Gasteiger partial charge is 0.372 e. The molecule has 0 N–H and O–H groups in total. The number of hydrogen-bond acceptors (Lipinski definition) is 1. The first-order valence-corrected chi connectivity index (χ1v) is 7.85. The Morgan fingerprint density at radius 1 is 1.29 bits per heavy atom. The monoisotopic (exact) mass is 319 g/mol. The maximum absolute atomic E-state index is 13.1. The second kappa shape index (κ2) is 6.47. The van der Waals surface area contributed by atoms with Crippen LogP contribution >= 0.6 is 11.6 Å². The fourth-order valence-corrected chi connectivity index (χ4v) is 3.36. The molecular weight excluding hydrogens is 299 g/mol. The lowest BCUT2D eigenvalue weighted by Crippen LogP contribution is -2.35. The number of halogens is 4. The van der Waals surface area contributed by atoms with Gasteiger partial charge in [0.1, 0.15) is 0 Å². The average Bonchev–Trinajstić information content (AvgIpc) is 2.45. The van der Waals surface area contributed by atoms with Crippen molar-refractivity contribution in [2.24, 2.45) is 5.92 Å². The molecule has 0 aromatic heterocycles. The van der Waals surface area contributed by atoms with E-state index in [0.717, 1.165) is 19.3 Å². The van der Waals surface area contributed by atoms with Crippen LogP contribution in [0.2, 0.25) is 0 Å². The van der Waals surface area contributed by atoms with Crippen LogP contribution in [0.1, 0.15) is 43.7 Å². The largest absolute Gasteiger partial charge is 0.416 e. The third-order valence-electron chi connectivity index (χ3n) is 4.41. The number of hydrogen-bond donors (Lipinski definition) is 0. The number of anilines is 1. The average molecular weight is 320 g/mol. The lowest BCUT2D eigenvalue weighted by molar-refractivity contribution is -0.138. The summed E-state index contributed by atoms with van der Waals surface area (Å²) in [4.78, 5) is 1.99. The van der Waals surface area contributed by atoms with Crippen LogP contribution < -0.4 is 4.90 Å². The maximum atomic E-state index is 13.1. The van der Waals surface area contributed by atoms with Crippen molar-refractivity contribution >= 4 is 17.3 Å². The topological polar surface area (TPSA) is 3.24 Å². The zero-order valence-electron chi connectivity index (χ0n) is 12.4. The van der Waals surface area contributed by atoms with E-state index in [4.69, 9.17) is 11.6 Å². The lowest BCUT2D eigenvalue weighted by Gasteiger charge is -2.36. The summed E-state index contributed by atoms with van der Waals surface area (Å²) in [6, 6.07) is 4.79. The van der Waals surface area contributed by atoms with E-state index in [1.165, 1.54) is 18.6 Å². The van der Waals surface area contributed by atoms with Gasteiger partial charge < -0.3 is 4.90 Å².